The first kappa shape index (κ1) is 9.86. The Morgan fingerprint density at radius 3 is 2.77 bits per heavy atom. The maximum atomic E-state index is 13.1. The molecule has 0 saturated heterocycles. The first-order chi connectivity index (χ1) is 6.15. The molecule has 0 amide bonds. The summed E-state index contributed by atoms with van der Waals surface area (Å²) >= 11 is 0. The third-order valence-corrected chi connectivity index (χ3v) is 1.83. The van der Waals surface area contributed by atoms with Crippen molar-refractivity contribution >= 4 is 6.29 Å². The topological polar surface area (TPSA) is 37.3 Å². The van der Waals surface area contributed by atoms with Gasteiger partial charge in [-0.1, -0.05) is 12.1 Å². The predicted molar refractivity (Wildman–Crippen MR) is 46.8 cm³/mol. The van der Waals surface area contributed by atoms with Crippen LogP contribution < -0.4 is 0 Å². The van der Waals surface area contributed by atoms with Crippen LogP contribution in [0.15, 0.2) is 18.2 Å². The van der Waals surface area contributed by atoms with E-state index in [2.05, 4.69) is 0 Å². The van der Waals surface area contributed by atoms with Crippen molar-refractivity contribution in [2.45, 2.75) is 19.4 Å². The van der Waals surface area contributed by atoms with Crippen molar-refractivity contribution in [1.29, 1.82) is 0 Å². The lowest BCUT2D eigenvalue weighted by atomic mass is 10.1. The van der Waals surface area contributed by atoms with Gasteiger partial charge in [-0.3, -0.25) is 0 Å². The summed E-state index contributed by atoms with van der Waals surface area (Å²) < 4.78 is 13.1. The van der Waals surface area contributed by atoms with Crippen LogP contribution in [0.2, 0.25) is 0 Å². The molecule has 3 heteroatoms. The highest BCUT2D eigenvalue weighted by molar-refractivity contribution is 5.55. The Balaban J connectivity index is 2.98. The van der Waals surface area contributed by atoms with Crippen molar-refractivity contribution < 1.29 is 14.3 Å². The van der Waals surface area contributed by atoms with E-state index in [1.54, 1.807) is 6.07 Å². The molecular formula is C10H11FO2. The number of hydrogen-bond acceptors (Lipinski definition) is 2. The molecule has 0 heterocycles. The Kier molecular flexibility index (Phi) is 3.14. The zero-order valence-corrected chi connectivity index (χ0v) is 7.33. The Morgan fingerprint density at radius 1 is 1.62 bits per heavy atom. The van der Waals surface area contributed by atoms with E-state index in [9.17, 15) is 9.18 Å². The maximum absolute atomic E-state index is 13.1. The number of carbonyl (C=O) groups is 1. The maximum Gasteiger partial charge on any atom is 0.129 e. The van der Waals surface area contributed by atoms with Gasteiger partial charge in [0.25, 0.3) is 0 Å². The third kappa shape index (κ3) is 2.36. The molecule has 0 bridgehead atoms. The van der Waals surface area contributed by atoms with Crippen LogP contribution in [0.1, 0.15) is 24.2 Å². The van der Waals surface area contributed by atoms with Crippen LogP contribution in [0.5, 0.6) is 0 Å². The molecule has 1 atom stereocenters. The molecule has 0 aromatic heterocycles. The van der Waals surface area contributed by atoms with E-state index >= 15 is 0 Å². The van der Waals surface area contributed by atoms with Gasteiger partial charge >= 0.3 is 0 Å². The van der Waals surface area contributed by atoms with Gasteiger partial charge in [0.1, 0.15) is 12.1 Å². The number of hydrogen-bond donors (Lipinski definition) is 1. The van der Waals surface area contributed by atoms with E-state index in [4.69, 9.17) is 5.11 Å². The molecule has 0 aliphatic carbocycles. The molecule has 1 unspecified atom stereocenters. The molecule has 70 valence electrons. The highest BCUT2D eigenvalue weighted by Gasteiger charge is 2.07. The average Bonchev–Trinajstić information content (AvgIpc) is 2.04. The third-order valence-electron chi connectivity index (χ3n) is 1.83. The van der Waals surface area contributed by atoms with Gasteiger partial charge in [-0.25, -0.2) is 4.39 Å². The number of aldehydes is 1. The molecule has 0 radical (unpaired) electrons. The molecule has 0 saturated carbocycles. The molecular weight excluding hydrogens is 171 g/mol. The first-order valence-corrected chi connectivity index (χ1v) is 4.05. The van der Waals surface area contributed by atoms with Gasteiger partial charge in [0.15, 0.2) is 0 Å². The van der Waals surface area contributed by atoms with E-state index in [1.807, 2.05) is 0 Å². The summed E-state index contributed by atoms with van der Waals surface area (Å²) in [5.74, 6) is -0.464. The quantitative estimate of drug-likeness (QED) is 0.721. The van der Waals surface area contributed by atoms with Gasteiger partial charge in [-0.2, -0.15) is 0 Å². The predicted octanol–water partition coefficient (Wildman–Crippen LogP) is 1.62. The zero-order chi connectivity index (χ0) is 9.84. The Bertz CT molecular complexity index is 308. The van der Waals surface area contributed by atoms with Crippen molar-refractivity contribution in [3.63, 3.8) is 0 Å². The normalized spacial score (nSPS) is 12.5. The van der Waals surface area contributed by atoms with E-state index in [1.165, 1.54) is 19.1 Å². The van der Waals surface area contributed by atoms with Gasteiger partial charge in [0.05, 0.1) is 6.10 Å². The fraction of sp³-hybridized carbons (Fsp3) is 0.300. The van der Waals surface area contributed by atoms with Crippen LogP contribution in [0.3, 0.4) is 0 Å². The minimum Gasteiger partial charge on any atom is -0.389 e. The lowest BCUT2D eigenvalue weighted by molar-refractivity contribution is -0.107. The molecule has 0 aliphatic rings. The van der Waals surface area contributed by atoms with Crippen LogP contribution in [0.25, 0.3) is 0 Å². The van der Waals surface area contributed by atoms with Crippen molar-refractivity contribution in [2.24, 2.45) is 0 Å². The smallest absolute Gasteiger partial charge is 0.129 e. The minimum atomic E-state index is -0.815. The second-order valence-electron chi connectivity index (χ2n) is 2.90. The van der Waals surface area contributed by atoms with Crippen LogP contribution in [0.4, 0.5) is 4.39 Å². The van der Waals surface area contributed by atoms with E-state index < -0.39 is 11.9 Å². The van der Waals surface area contributed by atoms with Crippen LogP contribution in [0, 0.1) is 5.82 Å². The van der Waals surface area contributed by atoms with E-state index in [0.717, 1.165) is 6.29 Å². The van der Waals surface area contributed by atoms with Crippen molar-refractivity contribution in [3.8, 4) is 0 Å². The summed E-state index contributed by atoms with van der Waals surface area (Å²) in [7, 11) is 0. The van der Waals surface area contributed by atoms with E-state index in [-0.39, 0.29) is 12.0 Å². The standard InChI is InChI=1S/C10H11FO2/c1-7(13)9-3-2-8(4-5-12)6-10(9)11/h2-3,5-7,13H,4H2,1H3. The molecule has 1 rings (SSSR count). The van der Waals surface area contributed by atoms with E-state index in [0.29, 0.717) is 5.56 Å². The Hall–Kier alpha value is -1.22. The highest BCUT2D eigenvalue weighted by atomic mass is 19.1. The van der Waals surface area contributed by atoms with Gasteiger partial charge in [0.2, 0.25) is 0 Å². The number of aliphatic hydroxyl groups is 1. The monoisotopic (exact) mass is 182 g/mol. The molecule has 13 heavy (non-hydrogen) atoms. The molecule has 1 N–H and O–H groups in total. The van der Waals surface area contributed by atoms with Crippen molar-refractivity contribution in [3.05, 3.63) is 35.1 Å². The second-order valence-corrected chi connectivity index (χ2v) is 2.90. The highest BCUT2D eigenvalue weighted by Crippen LogP contribution is 2.17. The number of carbonyl (C=O) groups excluding carboxylic acids is 1. The molecule has 2 nitrogen and oxygen atoms in total. The van der Waals surface area contributed by atoms with Gasteiger partial charge < -0.3 is 9.90 Å². The lowest BCUT2D eigenvalue weighted by Gasteiger charge is -2.06. The lowest BCUT2D eigenvalue weighted by Crippen LogP contribution is -1.97. The van der Waals surface area contributed by atoms with Crippen LogP contribution in [-0.4, -0.2) is 11.4 Å². The molecule has 1 aromatic carbocycles. The van der Waals surface area contributed by atoms with Crippen LogP contribution >= 0.6 is 0 Å². The summed E-state index contributed by atoms with van der Waals surface area (Å²) in [6.45, 7) is 1.50. The van der Waals surface area contributed by atoms with Gasteiger partial charge in [-0.15, -0.1) is 0 Å². The van der Waals surface area contributed by atoms with Gasteiger partial charge in [-0.05, 0) is 18.6 Å². The number of benzene rings is 1. The fourth-order valence-electron chi connectivity index (χ4n) is 1.13. The number of rotatable bonds is 3. The summed E-state index contributed by atoms with van der Waals surface area (Å²) in [5, 5.41) is 9.12. The minimum absolute atomic E-state index is 0.205. The van der Waals surface area contributed by atoms with Gasteiger partial charge in [0, 0.05) is 12.0 Å². The average molecular weight is 182 g/mol. The SMILES string of the molecule is CC(O)c1ccc(CC=O)cc1F. The summed E-state index contributed by atoms with van der Waals surface area (Å²) in [4.78, 5) is 10.1. The summed E-state index contributed by atoms with van der Waals surface area (Å²) in [5.41, 5.74) is 0.881. The first-order valence-electron chi connectivity index (χ1n) is 4.05. The summed E-state index contributed by atoms with van der Waals surface area (Å²) in [6, 6.07) is 4.41. The Labute approximate surface area is 76.0 Å². The number of halogens is 1. The Morgan fingerprint density at radius 2 is 2.31 bits per heavy atom. The molecule has 0 aliphatic heterocycles. The van der Waals surface area contributed by atoms with Crippen molar-refractivity contribution in [1.82, 2.24) is 0 Å². The fourth-order valence-corrected chi connectivity index (χ4v) is 1.13. The molecule has 0 fully saturated rings. The number of aliphatic hydroxyl groups excluding tert-OH is 1. The molecule has 1 aromatic rings. The largest absolute Gasteiger partial charge is 0.389 e. The van der Waals surface area contributed by atoms with Crippen LogP contribution in [-0.2, 0) is 11.2 Å². The summed E-state index contributed by atoms with van der Waals surface area (Å²) in [6.07, 6.45) is 0.110. The second kappa shape index (κ2) is 4.14. The molecule has 0 spiro atoms. The zero-order valence-electron chi connectivity index (χ0n) is 7.33. The van der Waals surface area contributed by atoms with Crippen molar-refractivity contribution in [2.75, 3.05) is 0 Å².